The lowest BCUT2D eigenvalue weighted by Crippen LogP contribution is -2.38. The van der Waals surface area contributed by atoms with E-state index < -0.39 is 0 Å². The van der Waals surface area contributed by atoms with Crippen molar-refractivity contribution in [1.29, 1.82) is 0 Å². The molecule has 0 saturated carbocycles. The monoisotopic (exact) mass is 500 g/mol. The molecule has 0 fully saturated rings. The highest BCUT2D eigenvalue weighted by atomic mass is 127. The van der Waals surface area contributed by atoms with Gasteiger partial charge in [-0.25, -0.2) is 4.99 Å². The van der Waals surface area contributed by atoms with E-state index in [1.165, 1.54) is 0 Å². The summed E-state index contributed by atoms with van der Waals surface area (Å²) in [5.41, 5.74) is 2.74. The third-order valence-corrected chi connectivity index (χ3v) is 4.07. The molecule has 0 unspecified atom stereocenters. The molecule has 27 heavy (non-hydrogen) atoms. The number of aliphatic imine (C=N–C) groups is 1. The topological polar surface area (TPSA) is 56.7 Å². The van der Waals surface area contributed by atoms with Crippen LogP contribution < -0.4 is 10.6 Å². The fourth-order valence-corrected chi connectivity index (χ4v) is 2.79. The molecule has 2 aromatic rings. The van der Waals surface area contributed by atoms with Gasteiger partial charge < -0.3 is 15.5 Å². The van der Waals surface area contributed by atoms with Gasteiger partial charge in [-0.15, -0.1) is 24.0 Å². The van der Waals surface area contributed by atoms with Gasteiger partial charge in [0.2, 0.25) is 0 Å². The zero-order valence-corrected chi connectivity index (χ0v) is 18.9. The fraction of sp³-hybridized carbons (Fsp3) is 0.300. The SMILES string of the molecule is CCNC(=NCc1cccc(C(=O)NC)c1)N(C)Cc1cccc(Cl)c1.I. The van der Waals surface area contributed by atoms with E-state index in [-0.39, 0.29) is 29.9 Å². The molecule has 2 rings (SSSR count). The van der Waals surface area contributed by atoms with Crippen LogP contribution in [0, 0.1) is 0 Å². The summed E-state index contributed by atoms with van der Waals surface area (Å²) in [4.78, 5) is 18.5. The van der Waals surface area contributed by atoms with Crippen molar-refractivity contribution in [3.8, 4) is 0 Å². The Kier molecular flexibility index (Phi) is 10.2. The molecule has 7 heteroatoms. The van der Waals surface area contributed by atoms with Gasteiger partial charge in [0.15, 0.2) is 5.96 Å². The van der Waals surface area contributed by atoms with Gasteiger partial charge in [-0.05, 0) is 42.3 Å². The van der Waals surface area contributed by atoms with Crippen molar-refractivity contribution in [2.75, 3.05) is 20.6 Å². The predicted molar refractivity (Wildman–Crippen MR) is 123 cm³/mol. The molecule has 0 bridgehead atoms. The molecule has 0 aliphatic heterocycles. The van der Waals surface area contributed by atoms with Crippen molar-refractivity contribution in [2.24, 2.45) is 4.99 Å². The first-order chi connectivity index (χ1) is 12.5. The van der Waals surface area contributed by atoms with Crippen LogP contribution in [0.15, 0.2) is 53.5 Å². The Balaban J connectivity index is 0.00000364. The van der Waals surface area contributed by atoms with Crippen molar-refractivity contribution in [3.05, 3.63) is 70.2 Å². The van der Waals surface area contributed by atoms with Gasteiger partial charge >= 0.3 is 0 Å². The molecule has 0 spiro atoms. The van der Waals surface area contributed by atoms with Crippen LogP contribution in [-0.2, 0) is 13.1 Å². The Morgan fingerprint density at radius 1 is 1.15 bits per heavy atom. The summed E-state index contributed by atoms with van der Waals surface area (Å²) < 4.78 is 0. The second-order valence-corrected chi connectivity index (χ2v) is 6.37. The smallest absolute Gasteiger partial charge is 0.251 e. The molecule has 0 radical (unpaired) electrons. The summed E-state index contributed by atoms with van der Waals surface area (Å²) >= 11 is 6.07. The second kappa shape index (κ2) is 11.8. The van der Waals surface area contributed by atoms with Gasteiger partial charge in [-0.2, -0.15) is 0 Å². The van der Waals surface area contributed by atoms with E-state index in [0.717, 1.165) is 28.7 Å². The van der Waals surface area contributed by atoms with Crippen molar-refractivity contribution >= 4 is 47.4 Å². The van der Waals surface area contributed by atoms with E-state index in [2.05, 4.69) is 15.5 Å². The third kappa shape index (κ3) is 7.38. The number of carbonyl (C=O) groups excluding carboxylic acids is 1. The Hall–Kier alpha value is -1.80. The number of guanidine groups is 1. The largest absolute Gasteiger partial charge is 0.357 e. The molecule has 0 saturated heterocycles. The third-order valence-electron chi connectivity index (χ3n) is 3.83. The Bertz CT molecular complexity index is 782. The molecule has 0 heterocycles. The lowest BCUT2D eigenvalue weighted by molar-refractivity contribution is 0.0963. The molecule has 146 valence electrons. The van der Waals surface area contributed by atoms with Crippen LogP contribution >= 0.6 is 35.6 Å². The average molecular weight is 501 g/mol. The molecular formula is C20H26ClIN4O. The highest BCUT2D eigenvalue weighted by molar-refractivity contribution is 14.0. The van der Waals surface area contributed by atoms with E-state index in [0.29, 0.717) is 18.7 Å². The number of nitrogens with one attached hydrogen (secondary N) is 2. The van der Waals surface area contributed by atoms with Crippen LogP contribution in [0.1, 0.15) is 28.4 Å². The number of halogens is 2. The minimum absolute atomic E-state index is 0. The fourth-order valence-electron chi connectivity index (χ4n) is 2.58. The normalized spacial score (nSPS) is 10.7. The van der Waals surface area contributed by atoms with Crippen molar-refractivity contribution < 1.29 is 4.79 Å². The molecule has 0 atom stereocenters. The highest BCUT2D eigenvalue weighted by Gasteiger charge is 2.08. The first kappa shape index (κ1) is 23.2. The van der Waals surface area contributed by atoms with Crippen LogP contribution in [0.2, 0.25) is 5.02 Å². The summed E-state index contributed by atoms with van der Waals surface area (Å²) in [6.07, 6.45) is 0. The number of hydrogen-bond donors (Lipinski definition) is 2. The zero-order valence-electron chi connectivity index (χ0n) is 15.8. The minimum Gasteiger partial charge on any atom is -0.357 e. The maximum Gasteiger partial charge on any atom is 0.251 e. The Labute approximate surface area is 183 Å². The summed E-state index contributed by atoms with van der Waals surface area (Å²) in [7, 11) is 3.62. The predicted octanol–water partition coefficient (Wildman–Crippen LogP) is 3.92. The Morgan fingerprint density at radius 2 is 1.85 bits per heavy atom. The zero-order chi connectivity index (χ0) is 18.9. The number of hydrogen-bond acceptors (Lipinski definition) is 2. The van der Waals surface area contributed by atoms with Crippen LogP contribution in [0.4, 0.5) is 0 Å². The highest BCUT2D eigenvalue weighted by Crippen LogP contribution is 2.12. The number of nitrogens with zero attached hydrogens (tertiary/aromatic N) is 2. The second-order valence-electron chi connectivity index (χ2n) is 5.94. The van der Waals surface area contributed by atoms with Crippen molar-refractivity contribution in [2.45, 2.75) is 20.0 Å². The first-order valence-electron chi connectivity index (χ1n) is 8.58. The maximum absolute atomic E-state index is 11.8. The number of rotatable bonds is 6. The van der Waals surface area contributed by atoms with E-state index in [1.54, 1.807) is 13.1 Å². The van der Waals surface area contributed by atoms with Crippen molar-refractivity contribution in [3.63, 3.8) is 0 Å². The van der Waals surface area contributed by atoms with Crippen LogP contribution in [-0.4, -0.2) is 37.4 Å². The van der Waals surface area contributed by atoms with Crippen molar-refractivity contribution in [1.82, 2.24) is 15.5 Å². The van der Waals surface area contributed by atoms with Crippen LogP contribution in [0.5, 0.6) is 0 Å². The molecule has 0 aliphatic rings. The average Bonchev–Trinajstić information content (AvgIpc) is 2.64. The first-order valence-corrected chi connectivity index (χ1v) is 8.96. The van der Waals surface area contributed by atoms with E-state index in [1.807, 2.05) is 56.4 Å². The van der Waals surface area contributed by atoms with Gasteiger partial charge in [0.25, 0.3) is 5.91 Å². The van der Waals surface area contributed by atoms with E-state index in [9.17, 15) is 4.79 Å². The Morgan fingerprint density at radius 3 is 2.52 bits per heavy atom. The molecular weight excluding hydrogens is 475 g/mol. The van der Waals surface area contributed by atoms with Gasteiger partial charge in [0, 0.05) is 37.8 Å². The van der Waals surface area contributed by atoms with Gasteiger partial charge in [-0.3, -0.25) is 4.79 Å². The molecule has 0 aromatic heterocycles. The quantitative estimate of drug-likeness (QED) is 0.359. The summed E-state index contributed by atoms with van der Waals surface area (Å²) in [6, 6.07) is 15.3. The maximum atomic E-state index is 11.8. The van der Waals surface area contributed by atoms with E-state index in [4.69, 9.17) is 16.6 Å². The summed E-state index contributed by atoms with van der Waals surface area (Å²) in [5, 5.41) is 6.66. The van der Waals surface area contributed by atoms with Gasteiger partial charge in [0.1, 0.15) is 0 Å². The number of amides is 1. The van der Waals surface area contributed by atoms with Gasteiger partial charge in [0.05, 0.1) is 6.54 Å². The lowest BCUT2D eigenvalue weighted by atomic mass is 10.1. The minimum atomic E-state index is -0.0965. The summed E-state index contributed by atoms with van der Waals surface area (Å²) in [5.74, 6) is 0.707. The molecule has 2 N–H and O–H groups in total. The van der Waals surface area contributed by atoms with Gasteiger partial charge in [-0.1, -0.05) is 35.9 Å². The molecule has 5 nitrogen and oxygen atoms in total. The van der Waals surface area contributed by atoms with Crippen LogP contribution in [0.25, 0.3) is 0 Å². The van der Waals surface area contributed by atoms with E-state index >= 15 is 0 Å². The van der Waals surface area contributed by atoms with Crippen LogP contribution in [0.3, 0.4) is 0 Å². The summed E-state index contributed by atoms with van der Waals surface area (Å²) in [6.45, 7) is 4.00. The number of carbonyl (C=O) groups is 1. The molecule has 0 aliphatic carbocycles. The standard InChI is InChI=1S/C20H25ClN4O.HI/c1-4-23-20(25(3)14-16-8-6-10-18(21)12-16)24-13-15-7-5-9-17(11-15)19(26)22-2;/h5-12H,4,13-14H2,1-3H3,(H,22,26)(H,23,24);1H. The lowest BCUT2D eigenvalue weighted by Gasteiger charge is -2.22. The number of benzene rings is 2. The molecule has 1 amide bonds. The molecule has 2 aromatic carbocycles.